The first-order valence-electron chi connectivity index (χ1n) is 15.2. The average Bonchev–Trinajstić information content (AvgIpc) is 3.24. The van der Waals surface area contributed by atoms with Crippen LogP contribution in [0.1, 0.15) is 81.7 Å². The largest absolute Gasteiger partial charge is 0.390 e. The Labute approximate surface area is 241 Å². The second-order valence-electron chi connectivity index (χ2n) is 12.1. The van der Waals surface area contributed by atoms with E-state index in [0.29, 0.717) is 39.0 Å². The van der Waals surface area contributed by atoms with Crippen molar-refractivity contribution < 1.29 is 23.5 Å². The molecule has 0 bridgehead atoms. The van der Waals surface area contributed by atoms with Gasteiger partial charge < -0.3 is 15.3 Å². The SMILES string of the molecule is CCCCN1C(=O)C(C(O)C2CCCCC2)NC(=O)C12CCN(Cc1c(C)nn(-c3ccc(F)cc3F)c1C)CC2. The van der Waals surface area contributed by atoms with Gasteiger partial charge in [0.15, 0.2) is 5.82 Å². The lowest BCUT2D eigenvalue weighted by Gasteiger charge is -2.52. The Morgan fingerprint density at radius 1 is 1.12 bits per heavy atom. The Kier molecular flexibility index (Phi) is 8.80. The number of aromatic nitrogens is 2. The van der Waals surface area contributed by atoms with Gasteiger partial charge in [-0.1, -0.05) is 32.6 Å². The van der Waals surface area contributed by atoms with E-state index >= 15 is 0 Å². The third-order valence-electron chi connectivity index (χ3n) is 9.61. The summed E-state index contributed by atoms with van der Waals surface area (Å²) in [5.74, 6) is -1.58. The molecule has 2 amide bonds. The molecule has 1 saturated carbocycles. The van der Waals surface area contributed by atoms with Crippen molar-refractivity contribution in [1.82, 2.24) is 24.9 Å². The van der Waals surface area contributed by atoms with E-state index in [1.54, 1.807) is 4.90 Å². The summed E-state index contributed by atoms with van der Waals surface area (Å²) in [5.41, 5.74) is 1.79. The van der Waals surface area contributed by atoms with Crippen molar-refractivity contribution in [3.05, 3.63) is 46.8 Å². The van der Waals surface area contributed by atoms with Crippen LogP contribution in [0.15, 0.2) is 18.2 Å². The number of hydrogen-bond donors (Lipinski definition) is 2. The zero-order chi connectivity index (χ0) is 29.3. The lowest BCUT2D eigenvalue weighted by molar-refractivity contribution is -0.166. The summed E-state index contributed by atoms with van der Waals surface area (Å²) in [4.78, 5) is 31.7. The number of unbranched alkanes of at least 4 members (excludes halogenated alkanes) is 1. The van der Waals surface area contributed by atoms with Crippen LogP contribution >= 0.6 is 0 Å². The Morgan fingerprint density at radius 3 is 2.49 bits per heavy atom. The topological polar surface area (TPSA) is 90.7 Å². The fourth-order valence-corrected chi connectivity index (χ4v) is 7.05. The number of aliphatic hydroxyl groups excluding tert-OH is 1. The lowest BCUT2D eigenvalue weighted by Crippen LogP contribution is -2.75. The van der Waals surface area contributed by atoms with E-state index < -0.39 is 29.3 Å². The number of halogens is 2. The van der Waals surface area contributed by atoms with Crippen molar-refractivity contribution in [3.8, 4) is 5.69 Å². The van der Waals surface area contributed by atoms with Gasteiger partial charge in [-0.2, -0.15) is 5.10 Å². The van der Waals surface area contributed by atoms with E-state index in [9.17, 15) is 23.5 Å². The standard InChI is InChI=1S/C31H43F2N5O3/c1-4-5-15-37-29(40)27(28(39)22-9-7-6-8-10-22)34-30(41)31(37)13-16-36(17-14-31)19-24-20(2)35-38(21(24)3)26-12-11-23(32)18-25(26)33/h11-12,18,22,27-28,39H,4-10,13-17,19H2,1-3H3,(H,34,41). The molecule has 2 aromatic rings. The monoisotopic (exact) mass is 571 g/mol. The van der Waals surface area contributed by atoms with Gasteiger partial charge in [0.2, 0.25) is 11.8 Å². The number of nitrogens with one attached hydrogen (secondary N) is 1. The number of rotatable bonds is 8. The summed E-state index contributed by atoms with van der Waals surface area (Å²) in [6.07, 6.45) is 6.87. The van der Waals surface area contributed by atoms with Crippen LogP contribution in [0.4, 0.5) is 8.78 Å². The highest BCUT2D eigenvalue weighted by atomic mass is 19.1. The maximum Gasteiger partial charge on any atom is 0.248 e. The van der Waals surface area contributed by atoms with Gasteiger partial charge in [0.05, 0.1) is 11.8 Å². The van der Waals surface area contributed by atoms with Crippen LogP contribution in [-0.2, 0) is 16.1 Å². The third kappa shape index (κ3) is 5.65. The van der Waals surface area contributed by atoms with Gasteiger partial charge in [-0.3, -0.25) is 14.5 Å². The van der Waals surface area contributed by atoms with Gasteiger partial charge >= 0.3 is 0 Å². The Hall–Kier alpha value is -2.85. The number of piperidine rings is 1. The minimum atomic E-state index is -0.920. The van der Waals surface area contributed by atoms with Gasteiger partial charge in [-0.15, -0.1) is 0 Å². The lowest BCUT2D eigenvalue weighted by atomic mass is 9.78. The number of hydrogen-bond acceptors (Lipinski definition) is 5. The quantitative estimate of drug-likeness (QED) is 0.497. The van der Waals surface area contributed by atoms with Gasteiger partial charge in [-0.05, 0) is 64.0 Å². The molecule has 41 heavy (non-hydrogen) atoms. The zero-order valence-corrected chi connectivity index (χ0v) is 24.5. The number of likely N-dealkylation sites (tertiary alicyclic amines) is 1. The molecule has 3 aliphatic rings. The zero-order valence-electron chi connectivity index (χ0n) is 24.5. The van der Waals surface area contributed by atoms with Crippen LogP contribution < -0.4 is 5.32 Å². The number of carbonyl (C=O) groups is 2. The molecule has 3 fully saturated rings. The maximum absolute atomic E-state index is 14.5. The van der Waals surface area contributed by atoms with Crippen molar-refractivity contribution in [3.63, 3.8) is 0 Å². The van der Waals surface area contributed by atoms with Crippen molar-refractivity contribution in [2.75, 3.05) is 19.6 Å². The number of carbonyl (C=O) groups excluding carboxylic acids is 2. The summed E-state index contributed by atoms with van der Waals surface area (Å²) in [6.45, 7) is 8.11. The summed E-state index contributed by atoms with van der Waals surface area (Å²) in [6, 6.07) is 2.59. The second kappa shape index (κ2) is 12.2. The van der Waals surface area contributed by atoms with E-state index in [4.69, 9.17) is 0 Å². The summed E-state index contributed by atoms with van der Waals surface area (Å²) in [7, 11) is 0. The van der Waals surface area contributed by atoms with Crippen LogP contribution in [0.25, 0.3) is 5.69 Å². The van der Waals surface area contributed by atoms with E-state index in [0.717, 1.165) is 68.0 Å². The molecule has 2 atom stereocenters. The number of piperazine rings is 1. The summed E-state index contributed by atoms with van der Waals surface area (Å²) >= 11 is 0. The number of aryl methyl sites for hydroxylation is 1. The molecule has 2 saturated heterocycles. The van der Waals surface area contributed by atoms with Crippen LogP contribution in [0, 0.1) is 31.4 Å². The molecule has 3 heterocycles. The first kappa shape index (κ1) is 29.6. The van der Waals surface area contributed by atoms with Crippen LogP contribution in [0.3, 0.4) is 0 Å². The van der Waals surface area contributed by atoms with Crippen molar-refractivity contribution in [2.24, 2.45) is 5.92 Å². The van der Waals surface area contributed by atoms with E-state index in [-0.39, 0.29) is 23.4 Å². The maximum atomic E-state index is 14.5. The molecule has 224 valence electrons. The highest BCUT2D eigenvalue weighted by molar-refractivity contribution is 6.00. The van der Waals surface area contributed by atoms with Gasteiger partial charge in [0.1, 0.15) is 23.1 Å². The minimum Gasteiger partial charge on any atom is -0.390 e. The fourth-order valence-electron chi connectivity index (χ4n) is 7.05. The van der Waals surface area contributed by atoms with Crippen LogP contribution in [0.2, 0.25) is 0 Å². The Bertz CT molecular complexity index is 1270. The minimum absolute atomic E-state index is 0.0395. The smallest absolute Gasteiger partial charge is 0.248 e. The number of amides is 2. The third-order valence-corrected chi connectivity index (χ3v) is 9.61. The van der Waals surface area contributed by atoms with E-state index in [1.807, 2.05) is 13.8 Å². The fraction of sp³-hybridized carbons (Fsp3) is 0.645. The molecule has 2 N–H and O–H groups in total. The molecule has 0 radical (unpaired) electrons. The highest BCUT2D eigenvalue weighted by Crippen LogP contribution is 2.37. The molecule has 1 spiro atoms. The predicted molar refractivity (Wildman–Crippen MR) is 151 cm³/mol. The molecule has 2 unspecified atom stereocenters. The number of nitrogens with zero attached hydrogens (tertiary/aromatic N) is 4. The van der Waals surface area contributed by atoms with Crippen molar-refractivity contribution in [1.29, 1.82) is 0 Å². The van der Waals surface area contributed by atoms with Gasteiger partial charge in [0, 0.05) is 43.5 Å². The van der Waals surface area contributed by atoms with Crippen molar-refractivity contribution in [2.45, 2.75) is 103 Å². The van der Waals surface area contributed by atoms with E-state index in [2.05, 4.69) is 22.2 Å². The number of benzene rings is 1. The van der Waals surface area contributed by atoms with Crippen LogP contribution in [-0.4, -0.2) is 73.8 Å². The summed E-state index contributed by atoms with van der Waals surface area (Å²) in [5, 5.41) is 18.7. The molecule has 1 aromatic heterocycles. The second-order valence-corrected chi connectivity index (χ2v) is 12.1. The molecule has 8 nitrogen and oxygen atoms in total. The van der Waals surface area contributed by atoms with Gasteiger partial charge in [-0.25, -0.2) is 13.5 Å². The Balaban J connectivity index is 1.31. The molecule has 1 aliphatic carbocycles. The van der Waals surface area contributed by atoms with E-state index in [1.165, 1.54) is 16.8 Å². The van der Waals surface area contributed by atoms with Crippen molar-refractivity contribution >= 4 is 11.8 Å². The highest BCUT2D eigenvalue weighted by Gasteiger charge is 2.55. The molecule has 2 aliphatic heterocycles. The number of aliphatic hydroxyl groups is 1. The van der Waals surface area contributed by atoms with Crippen LogP contribution in [0.5, 0.6) is 0 Å². The average molecular weight is 572 g/mol. The molecular weight excluding hydrogens is 528 g/mol. The molecular formula is C31H43F2N5O3. The molecule has 10 heteroatoms. The summed E-state index contributed by atoms with van der Waals surface area (Å²) < 4.78 is 29.5. The first-order valence-corrected chi connectivity index (χ1v) is 15.2. The normalized spacial score (nSPS) is 22.8. The Morgan fingerprint density at radius 2 is 1.83 bits per heavy atom. The molecule has 5 rings (SSSR count). The van der Waals surface area contributed by atoms with Gasteiger partial charge in [0.25, 0.3) is 0 Å². The first-order chi connectivity index (χ1) is 19.7. The predicted octanol–water partition coefficient (Wildman–Crippen LogP) is 4.17. The molecule has 1 aromatic carbocycles.